The molecule has 7 heteroatoms. The van der Waals surface area contributed by atoms with Crippen molar-refractivity contribution in [2.75, 3.05) is 25.1 Å². The molecule has 0 radical (unpaired) electrons. The predicted octanol–water partition coefficient (Wildman–Crippen LogP) is 5.05. The van der Waals surface area contributed by atoms with Gasteiger partial charge in [0.25, 0.3) is 0 Å². The van der Waals surface area contributed by atoms with Gasteiger partial charge in [0.05, 0.1) is 18.5 Å². The van der Waals surface area contributed by atoms with E-state index in [-0.39, 0.29) is 17.9 Å². The van der Waals surface area contributed by atoms with E-state index >= 15 is 0 Å². The second-order valence-corrected chi connectivity index (χ2v) is 10.1. The summed E-state index contributed by atoms with van der Waals surface area (Å²) in [5.41, 5.74) is 2.37. The van der Waals surface area contributed by atoms with E-state index in [4.69, 9.17) is 4.74 Å². The monoisotopic (exact) mass is 452 g/mol. The number of piperidine rings is 1. The van der Waals surface area contributed by atoms with E-state index in [1.165, 1.54) is 10.4 Å². The van der Waals surface area contributed by atoms with Crippen LogP contribution in [0.25, 0.3) is 10.2 Å². The van der Waals surface area contributed by atoms with Crippen LogP contribution in [0.5, 0.6) is 5.75 Å². The molecule has 3 aromatic rings. The fraction of sp³-hybridized carbons (Fsp3) is 0.480. The van der Waals surface area contributed by atoms with Gasteiger partial charge in [-0.2, -0.15) is 0 Å². The lowest BCUT2D eigenvalue weighted by Crippen LogP contribution is -2.42. The zero-order chi connectivity index (χ0) is 22.8. The van der Waals surface area contributed by atoms with Crippen LogP contribution in [0.1, 0.15) is 48.7 Å². The molecular weight excluding hydrogens is 420 g/mol. The topological polar surface area (TPSA) is 67.3 Å². The summed E-state index contributed by atoms with van der Waals surface area (Å²) in [6.45, 7) is 10.2. The Bertz CT molecular complexity index is 1090. The molecule has 1 aliphatic rings. The van der Waals surface area contributed by atoms with Gasteiger partial charge in [0.1, 0.15) is 22.7 Å². The molecule has 2 aromatic heterocycles. The summed E-state index contributed by atoms with van der Waals surface area (Å²) in [5, 5.41) is 4.48. The Hall–Kier alpha value is -2.67. The van der Waals surface area contributed by atoms with E-state index in [1.54, 1.807) is 24.8 Å². The van der Waals surface area contributed by atoms with Crippen molar-refractivity contribution < 1.29 is 9.53 Å². The van der Waals surface area contributed by atoms with Crippen molar-refractivity contribution in [1.82, 2.24) is 15.3 Å². The van der Waals surface area contributed by atoms with Gasteiger partial charge in [-0.05, 0) is 55.9 Å². The molecule has 0 aliphatic carbocycles. The van der Waals surface area contributed by atoms with E-state index in [9.17, 15) is 4.79 Å². The number of carbonyl (C=O) groups excluding carboxylic acids is 1. The van der Waals surface area contributed by atoms with Gasteiger partial charge in [-0.25, -0.2) is 9.97 Å². The van der Waals surface area contributed by atoms with E-state index in [0.717, 1.165) is 53.3 Å². The van der Waals surface area contributed by atoms with Gasteiger partial charge in [-0.1, -0.05) is 26.0 Å². The molecule has 0 saturated carbocycles. The minimum Gasteiger partial charge on any atom is -0.497 e. The van der Waals surface area contributed by atoms with Gasteiger partial charge in [-0.3, -0.25) is 4.79 Å². The molecular formula is C25H32N4O2S. The molecule has 1 atom stereocenters. The highest BCUT2D eigenvalue weighted by atomic mass is 32.1. The number of ether oxygens (including phenoxy) is 1. The second-order valence-electron chi connectivity index (χ2n) is 8.93. The van der Waals surface area contributed by atoms with Crippen LogP contribution in [0.4, 0.5) is 5.82 Å². The highest BCUT2D eigenvalue weighted by Crippen LogP contribution is 2.36. The third-order valence-electron chi connectivity index (χ3n) is 6.55. The normalized spacial score (nSPS) is 15.9. The van der Waals surface area contributed by atoms with Crippen LogP contribution in [0.3, 0.4) is 0 Å². The molecule has 32 heavy (non-hydrogen) atoms. The number of nitrogens with zero attached hydrogens (tertiary/aromatic N) is 3. The Morgan fingerprint density at radius 1 is 1.16 bits per heavy atom. The van der Waals surface area contributed by atoms with Gasteiger partial charge in [-0.15, -0.1) is 11.3 Å². The number of aromatic nitrogens is 2. The number of nitrogens with one attached hydrogen (secondary N) is 1. The summed E-state index contributed by atoms with van der Waals surface area (Å²) in [6.07, 6.45) is 3.31. The average molecular weight is 453 g/mol. The number of hydrogen-bond acceptors (Lipinski definition) is 6. The number of benzene rings is 1. The summed E-state index contributed by atoms with van der Waals surface area (Å²) in [4.78, 5) is 26.9. The third-order valence-corrected chi connectivity index (χ3v) is 7.67. The number of amides is 1. The highest BCUT2D eigenvalue weighted by molar-refractivity contribution is 7.18. The maximum atomic E-state index is 13.1. The summed E-state index contributed by atoms with van der Waals surface area (Å²) < 4.78 is 5.27. The van der Waals surface area contributed by atoms with Crippen LogP contribution in [-0.2, 0) is 4.79 Å². The highest BCUT2D eigenvalue weighted by Gasteiger charge is 2.29. The van der Waals surface area contributed by atoms with Crippen molar-refractivity contribution in [3.05, 3.63) is 46.6 Å². The summed E-state index contributed by atoms with van der Waals surface area (Å²) in [5.74, 6) is 2.30. The summed E-state index contributed by atoms with van der Waals surface area (Å²) in [6, 6.07) is 7.97. The fourth-order valence-electron chi connectivity index (χ4n) is 4.47. The van der Waals surface area contributed by atoms with Crippen LogP contribution in [-0.4, -0.2) is 36.1 Å². The van der Waals surface area contributed by atoms with Crippen molar-refractivity contribution in [3.63, 3.8) is 0 Å². The first-order chi connectivity index (χ1) is 15.4. The van der Waals surface area contributed by atoms with Crippen LogP contribution >= 0.6 is 11.3 Å². The Labute approximate surface area is 194 Å². The van der Waals surface area contributed by atoms with Crippen LogP contribution < -0.4 is 15.0 Å². The number of carbonyl (C=O) groups is 1. The summed E-state index contributed by atoms with van der Waals surface area (Å²) in [7, 11) is 1.66. The minimum absolute atomic E-state index is 0.00986. The van der Waals surface area contributed by atoms with Gasteiger partial charge < -0.3 is 15.0 Å². The lowest BCUT2D eigenvalue weighted by Gasteiger charge is -2.34. The number of aryl methyl sites for hydroxylation is 2. The Kier molecular flexibility index (Phi) is 6.65. The number of thiophene rings is 1. The molecule has 1 saturated heterocycles. The third kappa shape index (κ3) is 4.44. The number of anilines is 1. The lowest BCUT2D eigenvalue weighted by molar-refractivity contribution is -0.126. The lowest BCUT2D eigenvalue weighted by atomic mass is 9.92. The molecule has 0 bridgehead atoms. The average Bonchev–Trinajstić information content (AvgIpc) is 3.11. The molecule has 3 heterocycles. The van der Waals surface area contributed by atoms with E-state index < -0.39 is 0 Å². The van der Waals surface area contributed by atoms with Crippen LogP contribution in [0.15, 0.2) is 30.6 Å². The van der Waals surface area contributed by atoms with E-state index in [1.807, 2.05) is 24.3 Å². The predicted molar refractivity (Wildman–Crippen MR) is 131 cm³/mol. The number of hydrogen-bond donors (Lipinski definition) is 1. The van der Waals surface area contributed by atoms with Gasteiger partial charge in [0.15, 0.2) is 0 Å². The summed E-state index contributed by atoms with van der Waals surface area (Å²) >= 11 is 1.72. The molecule has 0 spiro atoms. The molecule has 1 amide bonds. The van der Waals surface area contributed by atoms with Crippen molar-refractivity contribution in [1.29, 1.82) is 0 Å². The Balaban J connectivity index is 1.43. The number of rotatable bonds is 6. The second kappa shape index (κ2) is 9.45. The maximum absolute atomic E-state index is 13.1. The first kappa shape index (κ1) is 22.5. The van der Waals surface area contributed by atoms with Gasteiger partial charge in [0, 0.05) is 23.9 Å². The molecule has 6 nitrogen and oxygen atoms in total. The molecule has 1 N–H and O–H groups in total. The SMILES string of the molecule is COc1ccc(C(NC(=O)C2CCN(c3ncnc4sc(C)c(C)c34)CC2)C(C)C)cc1. The van der Waals surface area contributed by atoms with Crippen molar-refractivity contribution >= 4 is 33.3 Å². The smallest absolute Gasteiger partial charge is 0.223 e. The van der Waals surface area contributed by atoms with Gasteiger partial charge in [0.2, 0.25) is 5.91 Å². The first-order valence-corrected chi connectivity index (χ1v) is 12.1. The molecule has 1 aliphatic heterocycles. The molecule has 1 unspecified atom stereocenters. The zero-order valence-electron chi connectivity index (χ0n) is 19.5. The van der Waals surface area contributed by atoms with Crippen molar-refractivity contribution in [2.24, 2.45) is 11.8 Å². The Morgan fingerprint density at radius 3 is 2.47 bits per heavy atom. The molecule has 1 aromatic carbocycles. The van der Waals surface area contributed by atoms with Gasteiger partial charge >= 0.3 is 0 Å². The number of methoxy groups -OCH3 is 1. The standard InChI is InChI=1S/C25H32N4O2S/c1-15(2)22(18-6-8-20(31-5)9-7-18)28-24(30)19-10-12-29(13-11-19)23-21-16(3)17(4)32-25(21)27-14-26-23/h6-9,14-15,19,22H,10-13H2,1-5H3,(H,28,30). The van der Waals surface area contributed by atoms with Crippen molar-refractivity contribution in [3.8, 4) is 5.75 Å². The van der Waals surface area contributed by atoms with Crippen molar-refractivity contribution in [2.45, 2.75) is 46.6 Å². The zero-order valence-corrected chi connectivity index (χ0v) is 20.3. The largest absolute Gasteiger partial charge is 0.497 e. The van der Waals surface area contributed by atoms with E-state index in [0.29, 0.717) is 5.92 Å². The number of fused-ring (bicyclic) bond motifs is 1. The van der Waals surface area contributed by atoms with Crippen LogP contribution in [0.2, 0.25) is 0 Å². The molecule has 170 valence electrons. The quantitative estimate of drug-likeness (QED) is 0.567. The first-order valence-electron chi connectivity index (χ1n) is 11.3. The van der Waals surface area contributed by atoms with E-state index in [2.05, 4.69) is 47.9 Å². The molecule has 1 fully saturated rings. The Morgan fingerprint density at radius 2 is 1.84 bits per heavy atom. The van der Waals surface area contributed by atoms with Crippen LogP contribution in [0, 0.1) is 25.7 Å². The fourth-order valence-corrected chi connectivity index (χ4v) is 5.47. The minimum atomic E-state index is -0.00986. The maximum Gasteiger partial charge on any atom is 0.223 e. The molecule has 4 rings (SSSR count).